The van der Waals surface area contributed by atoms with Gasteiger partial charge in [0.1, 0.15) is 17.1 Å². The number of aromatic nitrogens is 1. The van der Waals surface area contributed by atoms with Crippen molar-refractivity contribution in [1.29, 1.82) is 0 Å². The minimum atomic E-state index is -0.739. The Bertz CT molecular complexity index is 1620. The first-order chi connectivity index (χ1) is 16.0. The van der Waals surface area contributed by atoms with Crippen LogP contribution < -0.4 is 15.1 Å². The molecule has 5 aromatic rings. The number of para-hydroxylation sites is 1. The number of aromatic hydroxyl groups is 1. The molecule has 2 aromatic heterocycles. The molecule has 8 heteroatoms. The number of methoxy groups -OCH3 is 1. The summed E-state index contributed by atoms with van der Waals surface area (Å²) < 4.78 is 12.1. The summed E-state index contributed by atoms with van der Waals surface area (Å²) in [7, 11) is 1.59. The molecule has 1 aliphatic rings. The molecule has 1 atom stereocenters. The predicted molar refractivity (Wildman–Crippen MR) is 125 cm³/mol. The largest absolute Gasteiger partial charge is 0.508 e. The highest BCUT2D eigenvalue weighted by Crippen LogP contribution is 2.44. The molecule has 1 aliphatic heterocycles. The van der Waals surface area contributed by atoms with E-state index in [4.69, 9.17) is 9.15 Å². The van der Waals surface area contributed by atoms with Gasteiger partial charge in [-0.1, -0.05) is 35.6 Å². The molecular weight excluding hydrogens is 440 g/mol. The highest BCUT2D eigenvalue weighted by molar-refractivity contribution is 7.22. The molecule has 3 aromatic carbocycles. The second-order valence-corrected chi connectivity index (χ2v) is 8.68. The molecule has 33 heavy (non-hydrogen) atoms. The summed E-state index contributed by atoms with van der Waals surface area (Å²) in [4.78, 5) is 33.3. The number of benzene rings is 3. The fourth-order valence-electron chi connectivity index (χ4n) is 4.21. The Labute approximate surface area is 191 Å². The molecule has 0 saturated carbocycles. The van der Waals surface area contributed by atoms with Crippen LogP contribution in [0.3, 0.4) is 0 Å². The van der Waals surface area contributed by atoms with Gasteiger partial charge in [-0.25, -0.2) is 4.98 Å². The van der Waals surface area contributed by atoms with Crippen LogP contribution >= 0.6 is 11.3 Å². The number of phenols is 1. The van der Waals surface area contributed by atoms with E-state index in [9.17, 15) is 14.7 Å². The van der Waals surface area contributed by atoms with Gasteiger partial charge in [-0.05, 0) is 48.0 Å². The Hall–Kier alpha value is -4.17. The Kier molecular flexibility index (Phi) is 4.24. The summed E-state index contributed by atoms with van der Waals surface area (Å²) in [6.07, 6.45) is 0. The monoisotopic (exact) mass is 456 g/mol. The zero-order chi connectivity index (χ0) is 22.7. The van der Waals surface area contributed by atoms with Crippen LogP contribution in [0.15, 0.2) is 75.9 Å². The van der Waals surface area contributed by atoms with E-state index in [1.165, 1.54) is 28.4 Å². The Morgan fingerprint density at radius 1 is 1.06 bits per heavy atom. The molecule has 0 saturated heterocycles. The second kappa shape index (κ2) is 7.18. The van der Waals surface area contributed by atoms with Gasteiger partial charge in [0.05, 0.1) is 34.3 Å². The quantitative estimate of drug-likeness (QED) is 0.417. The number of hydrogen-bond donors (Lipinski definition) is 1. The van der Waals surface area contributed by atoms with Gasteiger partial charge in [0.25, 0.3) is 5.91 Å². The molecule has 1 N–H and O–H groups in total. The van der Waals surface area contributed by atoms with E-state index in [-0.39, 0.29) is 22.5 Å². The molecule has 0 fully saturated rings. The van der Waals surface area contributed by atoms with Crippen molar-refractivity contribution in [2.45, 2.75) is 6.04 Å². The zero-order valence-corrected chi connectivity index (χ0v) is 18.1. The average molecular weight is 456 g/mol. The summed E-state index contributed by atoms with van der Waals surface area (Å²) in [5.41, 5.74) is 1.74. The van der Waals surface area contributed by atoms with Gasteiger partial charge in [-0.3, -0.25) is 14.5 Å². The fraction of sp³-hybridized carbons (Fsp3) is 0.0800. The number of carbonyl (C=O) groups is 1. The number of ether oxygens (including phenoxy) is 1. The third kappa shape index (κ3) is 2.91. The maximum absolute atomic E-state index is 13.6. The molecule has 0 aliphatic carbocycles. The molecule has 0 spiro atoms. The number of thiazole rings is 1. The standard InChI is InChI=1S/C25H16N2O5S/c1-31-15-10-11-17-19(12-15)33-25(26-17)27-21(13-6-8-14(28)9-7-13)20-22(29)16-4-2-3-5-18(16)32-23(20)24(27)30/h2-12,21,28H,1H3. The number of phenolic OH excluding ortho intramolecular Hbond substituents is 1. The van der Waals surface area contributed by atoms with Crippen LogP contribution in [0.5, 0.6) is 11.5 Å². The van der Waals surface area contributed by atoms with Gasteiger partial charge in [0.2, 0.25) is 5.76 Å². The number of fused-ring (bicyclic) bond motifs is 3. The summed E-state index contributed by atoms with van der Waals surface area (Å²) in [5.74, 6) is 0.352. The van der Waals surface area contributed by atoms with Gasteiger partial charge in [0, 0.05) is 0 Å². The van der Waals surface area contributed by atoms with Gasteiger partial charge >= 0.3 is 0 Å². The summed E-state index contributed by atoms with van der Waals surface area (Å²) in [6.45, 7) is 0. The van der Waals surface area contributed by atoms with Crippen molar-refractivity contribution in [2.24, 2.45) is 0 Å². The summed E-state index contributed by atoms with van der Waals surface area (Å²) in [6, 6.07) is 18.1. The van der Waals surface area contributed by atoms with Crippen molar-refractivity contribution >= 4 is 43.6 Å². The lowest BCUT2D eigenvalue weighted by Gasteiger charge is -2.22. The normalized spacial score (nSPS) is 15.4. The number of hydrogen-bond acceptors (Lipinski definition) is 7. The Morgan fingerprint density at radius 2 is 1.85 bits per heavy atom. The van der Waals surface area contributed by atoms with Crippen LogP contribution in [-0.2, 0) is 0 Å². The average Bonchev–Trinajstić information content (AvgIpc) is 3.38. The second-order valence-electron chi connectivity index (χ2n) is 7.67. The first-order valence-electron chi connectivity index (χ1n) is 10.2. The van der Waals surface area contributed by atoms with Gasteiger partial charge in [-0.2, -0.15) is 0 Å². The van der Waals surface area contributed by atoms with Crippen LogP contribution in [-0.4, -0.2) is 23.1 Å². The lowest BCUT2D eigenvalue weighted by molar-refractivity contribution is 0.0971. The van der Waals surface area contributed by atoms with E-state index < -0.39 is 11.9 Å². The number of carbonyl (C=O) groups excluding carboxylic acids is 1. The van der Waals surface area contributed by atoms with E-state index in [0.29, 0.717) is 32.9 Å². The molecule has 3 heterocycles. The van der Waals surface area contributed by atoms with Crippen molar-refractivity contribution < 1.29 is 19.1 Å². The predicted octanol–water partition coefficient (Wildman–Crippen LogP) is 4.87. The SMILES string of the molecule is COc1ccc2nc(N3C(=O)c4oc5ccccc5c(=O)c4C3c3ccc(O)cc3)sc2c1. The molecule has 1 unspecified atom stereocenters. The van der Waals surface area contributed by atoms with Gasteiger partial charge < -0.3 is 14.3 Å². The first kappa shape index (κ1) is 19.5. The number of anilines is 1. The smallest absolute Gasteiger partial charge is 0.297 e. The molecule has 0 bridgehead atoms. The van der Waals surface area contributed by atoms with Crippen molar-refractivity contribution in [3.63, 3.8) is 0 Å². The van der Waals surface area contributed by atoms with Crippen LogP contribution in [0.1, 0.15) is 27.7 Å². The molecular formula is C25H16N2O5S. The van der Waals surface area contributed by atoms with Crippen LogP contribution in [0.4, 0.5) is 5.13 Å². The van der Waals surface area contributed by atoms with E-state index in [1.54, 1.807) is 43.5 Å². The van der Waals surface area contributed by atoms with E-state index in [2.05, 4.69) is 4.98 Å². The number of amides is 1. The zero-order valence-electron chi connectivity index (χ0n) is 17.3. The molecule has 7 nitrogen and oxygen atoms in total. The fourth-order valence-corrected chi connectivity index (χ4v) is 5.23. The van der Waals surface area contributed by atoms with Gasteiger partial charge in [0.15, 0.2) is 10.6 Å². The lowest BCUT2D eigenvalue weighted by Crippen LogP contribution is -2.29. The maximum atomic E-state index is 13.6. The third-order valence-electron chi connectivity index (χ3n) is 5.78. The lowest BCUT2D eigenvalue weighted by atomic mass is 9.98. The van der Waals surface area contributed by atoms with E-state index >= 15 is 0 Å². The van der Waals surface area contributed by atoms with Crippen LogP contribution in [0, 0.1) is 0 Å². The van der Waals surface area contributed by atoms with E-state index in [0.717, 1.165) is 4.70 Å². The topological polar surface area (TPSA) is 92.9 Å². The highest BCUT2D eigenvalue weighted by atomic mass is 32.1. The van der Waals surface area contributed by atoms with Crippen LogP contribution in [0.2, 0.25) is 0 Å². The molecule has 162 valence electrons. The highest BCUT2D eigenvalue weighted by Gasteiger charge is 2.45. The van der Waals surface area contributed by atoms with Crippen molar-refractivity contribution in [2.75, 3.05) is 12.0 Å². The molecule has 1 amide bonds. The number of nitrogens with zero attached hydrogens (tertiary/aromatic N) is 2. The van der Waals surface area contributed by atoms with E-state index in [1.807, 2.05) is 18.2 Å². The maximum Gasteiger partial charge on any atom is 0.297 e. The first-order valence-corrected chi connectivity index (χ1v) is 11.0. The van der Waals surface area contributed by atoms with Crippen molar-refractivity contribution in [1.82, 2.24) is 4.98 Å². The summed E-state index contributed by atoms with van der Waals surface area (Å²) >= 11 is 1.33. The Balaban J connectivity index is 1.62. The summed E-state index contributed by atoms with van der Waals surface area (Å²) in [5, 5.41) is 10.6. The van der Waals surface area contributed by atoms with Gasteiger partial charge in [-0.15, -0.1) is 0 Å². The van der Waals surface area contributed by atoms with Crippen LogP contribution in [0.25, 0.3) is 21.2 Å². The molecule has 0 radical (unpaired) electrons. The minimum Gasteiger partial charge on any atom is -0.508 e. The van der Waals surface area contributed by atoms with Crippen molar-refractivity contribution in [3.8, 4) is 11.5 Å². The Morgan fingerprint density at radius 3 is 2.64 bits per heavy atom. The minimum absolute atomic E-state index is 0.00797. The molecule has 6 rings (SSSR count). The third-order valence-corrected chi connectivity index (χ3v) is 6.79. The number of rotatable bonds is 3. The van der Waals surface area contributed by atoms with Crippen molar-refractivity contribution in [3.05, 3.63) is 93.8 Å².